The number of nitrogens with one attached hydrogen (secondary N) is 1. The zero-order valence-electron chi connectivity index (χ0n) is 15.7. The first-order chi connectivity index (χ1) is 13.6. The second-order valence-electron chi connectivity index (χ2n) is 6.95. The normalized spacial score (nSPS) is 15.0. The summed E-state index contributed by atoms with van der Waals surface area (Å²) in [4.78, 5) is 23.8. The van der Waals surface area contributed by atoms with Gasteiger partial charge in [0.2, 0.25) is 11.9 Å². The van der Waals surface area contributed by atoms with Crippen molar-refractivity contribution in [3.05, 3.63) is 54.1 Å². The number of carbonyl (C=O) groups excluding carboxylic acids is 1. The molecule has 0 spiro atoms. The second-order valence-corrected chi connectivity index (χ2v) is 8.31. The summed E-state index contributed by atoms with van der Waals surface area (Å²) in [6, 6.07) is 15.0. The molecule has 0 bridgehead atoms. The highest BCUT2D eigenvalue weighted by Crippen LogP contribution is 2.25. The number of para-hydroxylation sites is 1. The number of aryl methyl sites for hydroxylation is 1. The van der Waals surface area contributed by atoms with E-state index < -0.39 is 10.8 Å². The molecular formula is C21H22N4O2S. The van der Waals surface area contributed by atoms with E-state index in [1.54, 1.807) is 12.1 Å². The smallest absolute Gasteiger partial charge is 0.237 e. The molecule has 2 aromatic carbocycles. The number of aromatic nitrogens is 2. The number of fused-ring (bicyclic) bond motifs is 1. The van der Waals surface area contributed by atoms with Crippen molar-refractivity contribution >= 4 is 39.2 Å². The molecule has 0 aliphatic carbocycles. The fraction of sp³-hybridized carbons (Fsp3) is 0.286. The molecule has 2 heterocycles. The molecule has 1 saturated heterocycles. The predicted octanol–water partition coefficient (Wildman–Crippen LogP) is 3.28. The molecule has 1 aliphatic rings. The van der Waals surface area contributed by atoms with E-state index in [1.807, 2.05) is 43.3 Å². The molecule has 144 valence electrons. The summed E-state index contributed by atoms with van der Waals surface area (Å²) in [7, 11) is -1.57. The minimum absolute atomic E-state index is 0.144. The molecular weight excluding hydrogens is 372 g/mol. The number of hydrogen-bond donors (Lipinski definition) is 1. The van der Waals surface area contributed by atoms with E-state index in [-0.39, 0.29) is 11.7 Å². The van der Waals surface area contributed by atoms with E-state index in [0.29, 0.717) is 16.7 Å². The molecule has 7 heteroatoms. The van der Waals surface area contributed by atoms with Crippen molar-refractivity contribution in [1.29, 1.82) is 0 Å². The maximum atomic E-state index is 13.1. The number of amides is 1. The van der Waals surface area contributed by atoms with Gasteiger partial charge in [-0.25, -0.2) is 9.97 Å². The third-order valence-electron chi connectivity index (χ3n) is 4.73. The van der Waals surface area contributed by atoms with Crippen molar-refractivity contribution in [3.63, 3.8) is 0 Å². The number of benzene rings is 2. The van der Waals surface area contributed by atoms with Crippen LogP contribution >= 0.6 is 0 Å². The zero-order chi connectivity index (χ0) is 19.5. The first-order valence-electron chi connectivity index (χ1n) is 9.37. The molecule has 4 rings (SSSR count). The standard InChI is InChI=1S/C21H22N4O2S/c1-15-9-10-18-17(13-15)20(24-21(23-18)25-11-5-6-12-25)28(27)14-19(26)22-16-7-3-2-4-8-16/h2-4,7-10,13H,5-6,11-12,14H2,1H3,(H,22,26). The minimum atomic E-state index is -1.57. The Morgan fingerprint density at radius 3 is 2.61 bits per heavy atom. The van der Waals surface area contributed by atoms with Gasteiger partial charge in [0.1, 0.15) is 10.8 Å². The lowest BCUT2D eigenvalue weighted by Gasteiger charge is -2.17. The molecule has 1 unspecified atom stereocenters. The molecule has 1 N–H and O–H groups in total. The quantitative estimate of drug-likeness (QED) is 0.672. The van der Waals surface area contributed by atoms with Gasteiger partial charge in [0.25, 0.3) is 0 Å². The number of hydrogen-bond acceptors (Lipinski definition) is 5. The molecule has 1 aliphatic heterocycles. The van der Waals surface area contributed by atoms with Crippen LogP contribution in [0.25, 0.3) is 10.9 Å². The van der Waals surface area contributed by atoms with E-state index in [2.05, 4.69) is 20.2 Å². The van der Waals surface area contributed by atoms with Gasteiger partial charge in [-0.05, 0) is 44.0 Å². The number of nitrogens with zero attached hydrogens (tertiary/aromatic N) is 3. The first kappa shape index (κ1) is 18.6. The van der Waals surface area contributed by atoms with Crippen LogP contribution in [0.15, 0.2) is 53.6 Å². The molecule has 0 radical (unpaired) electrons. The zero-order valence-corrected chi connectivity index (χ0v) is 16.5. The summed E-state index contributed by atoms with van der Waals surface area (Å²) < 4.78 is 13.1. The Hall–Kier alpha value is -2.80. The number of anilines is 2. The Morgan fingerprint density at radius 2 is 1.86 bits per heavy atom. The van der Waals surface area contributed by atoms with Crippen LogP contribution in [0.2, 0.25) is 0 Å². The van der Waals surface area contributed by atoms with Crippen molar-refractivity contribution < 1.29 is 9.00 Å². The largest absolute Gasteiger partial charge is 0.341 e. The van der Waals surface area contributed by atoms with Crippen LogP contribution < -0.4 is 10.2 Å². The minimum Gasteiger partial charge on any atom is -0.341 e. The summed E-state index contributed by atoms with van der Waals surface area (Å²) in [5.74, 6) is 0.154. The number of rotatable bonds is 5. The van der Waals surface area contributed by atoms with Crippen molar-refractivity contribution in [1.82, 2.24) is 9.97 Å². The van der Waals surface area contributed by atoms with Gasteiger partial charge >= 0.3 is 0 Å². The van der Waals surface area contributed by atoms with Gasteiger partial charge in [0.15, 0.2) is 0 Å². The second kappa shape index (κ2) is 8.06. The van der Waals surface area contributed by atoms with Crippen LogP contribution in [0, 0.1) is 6.92 Å². The number of carbonyl (C=O) groups is 1. The van der Waals surface area contributed by atoms with Gasteiger partial charge in [0.05, 0.1) is 16.3 Å². The molecule has 0 saturated carbocycles. The van der Waals surface area contributed by atoms with Crippen molar-refractivity contribution in [3.8, 4) is 0 Å². The van der Waals surface area contributed by atoms with Crippen molar-refractivity contribution in [2.45, 2.75) is 24.8 Å². The van der Waals surface area contributed by atoms with Gasteiger partial charge < -0.3 is 10.2 Å². The SMILES string of the molecule is Cc1ccc2nc(N3CCCC3)nc(S(=O)CC(=O)Nc3ccccc3)c2c1. The monoisotopic (exact) mass is 394 g/mol. The fourth-order valence-electron chi connectivity index (χ4n) is 3.34. The van der Waals surface area contributed by atoms with Crippen LogP contribution in [0.1, 0.15) is 18.4 Å². The molecule has 1 amide bonds. The van der Waals surface area contributed by atoms with Crippen LogP contribution in [0.5, 0.6) is 0 Å². The summed E-state index contributed by atoms with van der Waals surface area (Å²) in [6.45, 7) is 3.78. The van der Waals surface area contributed by atoms with Gasteiger partial charge in [-0.15, -0.1) is 0 Å². The Kier molecular flexibility index (Phi) is 5.34. The highest BCUT2D eigenvalue weighted by Gasteiger charge is 2.21. The van der Waals surface area contributed by atoms with E-state index in [9.17, 15) is 9.00 Å². The topological polar surface area (TPSA) is 75.2 Å². The lowest BCUT2D eigenvalue weighted by molar-refractivity contribution is -0.113. The van der Waals surface area contributed by atoms with E-state index in [1.165, 1.54) is 0 Å². The van der Waals surface area contributed by atoms with E-state index >= 15 is 0 Å². The fourth-order valence-corrected chi connectivity index (χ4v) is 4.38. The summed E-state index contributed by atoms with van der Waals surface area (Å²) >= 11 is 0. The summed E-state index contributed by atoms with van der Waals surface area (Å²) in [5, 5.41) is 3.96. The molecule has 28 heavy (non-hydrogen) atoms. The van der Waals surface area contributed by atoms with Gasteiger partial charge in [-0.2, -0.15) is 0 Å². The maximum absolute atomic E-state index is 13.1. The van der Waals surface area contributed by atoms with E-state index in [4.69, 9.17) is 0 Å². The van der Waals surface area contributed by atoms with Crippen molar-refractivity contribution in [2.75, 3.05) is 29.1 Å². The van der Waals surface area contributed by atoms with E-state index in [0.717, 1.165) is 42.4 Å². The predicted molar refractivity (Wildman–Crippen MR) is 112 cm³/mol. The highest BCUT2D eigenvalue weighted by atomic mass is 32.2. The van der Waals surface area contributed by atoms with Crippen LogP contribution in [-0.4, -0.2) is 38.9 Å². The Balaban J connectivity index is 1.64. The lowest BCUT2D eigenvalue weighted by Crippen LogP contribution is -2.23. The van der Waals surface area contributed by atoms with Gasteiger partial charge in [-0.3, -0.25) is 9.00 Å². The van der Waals surface area contributed by atoms with Gasteiger partial charge in [-0.1, -0.05) is 29.8 Å². The molecule has 1 fully saturated rings. The first-order valence-corrected chi connectivity index (χ1v) is 10.7. The van der Waals surface area contributed by atoms with Crippen molar-refractivity contribution in [2.24, 2.45) is 0 Å². The van der Waals surface area contributed by atoms with Gasteiger partial charge in [0, 0.05) is 24.2 Å². The Labute approximate surface area is 166 Å². The third kappa shape index (κ3) is 4.04. The maximum Gasteiger partial charge on any atom is 0.237 e. The average molecular weight is 395 g/mol. The Bertz CT molecular complexity index is 1030. The molecule has 6 nitrogen and oxygen atoms in total. The van der Waals surface area contributed by atoms with Crippen LogP contribution in [-0.2, 0) is 15.6 Å². The third-order valence-corrected chi connectivity index (χ3v) is 6.00. The average Bonchev–Trinajstić information content (AvgIpc) is 3.22. The van der Waals surface area contributed by atoms with Crippen LogP contribution in [0.3, 0.4) is 0 Å². The highest BCUT2D eigenvalue weighted by molar-refractivity contribution is 7.86. The summed E-state index contributed by atoms with van der Waals surface area (Å²) in [5.41, 5.74) is 2.48. The lowest BCUT2D eigenvalue weighted by atomic mass is 10.2. The van der Waals surface area contributed by atoms with Crippen LogP contribution in [0.4, 0.5) is 11.6 Å². The summed E-state index contributed by atoms with van der Waals surface area (Å²) in [6.07, 6.45) is 2.21. The molecule has 3 aromatic rings. The molecule has 1 aromatic heterocycles. The Morgan fingerprint density at radius 1 is 1.11 bits per heavy atom. The molecule has 1 atom stereocenters.